The van der Waals surface area contributed by atoms with Crippen molar-refractivity contribution >= 4 is 13.7 Å². The molecule has 0 saturated heterocycles. The van der Waals surface area contributed by atoms with Gasteiger partial charge >= 0.3 is 0 Å². The Morgan fingerprint density at radius 2 is 0.756 bits per heavy atom. The smallest absolute Gasteiger partial charge is 0.268 e. The van der Waals surface area contributed by atoms with Crippen LogP contribution in [0.1, 0.15) is 258 Å². The number of nitrogens with zero attached hydrogens (tertiary/aromatic N) is 1. The van der Waals surface area contributed by atoms with E-state index in [2.05, 4.69) is 153 Å². The van der Waals surface area contributed by atoms with Gasteiger partial charge in [0.2, 0.25) is 5.91 Å². The minimum absolute atomic E-state index is 0.0161. The van der Waals surface area contributed by atoms with E-state index in [0.717, 1.165) is 109 Å². The van der Waals surface area contributed by atoms with Crippen LogP contribution in [0, 0.1) is 0 Å². The first-order chi connectivity index (χ1) is 40.0. The third-order valence-corrected chi connectivity index (χ3v) is 15.0. The lowest BCUT2D eigenvalue weighted by Gasteiger charge is -2.29. The third kappa shape index (κ3) is 64.0. The van der Waals surface area contributed by atoms with E-state index in [9.17, 15) is 19.4 Å². The number of phosphoric acid groups is 1. The lowest BCUT2D eigenvalue weighted by atomic mass is 10.0. The maximum atomic E-state index is 13.0. The number of quaternary nitrogens is 1. The van der Waals surface area contributed by atoms with Crippen molar-refractivity contribution in [1.29, 1.82) is 0 Å². The number of aliphatic hydroxyl groups excluding tert-OH is 1. The van der Waals surface area contributed by atoms with Gasteiger partial charge in [-0.1, -0.05) is 282 Å². The molecular weight excluding hydrogens is 1030 g/mol. The Labute approximate surface area is 506 Å². The number of unbranched alkanes of at least 4 members (excludes halogenated alkanes) is 24. The largest absolute Gasteiger partial charge is 0.756 e. The normalized spacial score (nSPS) is 14.7. The van der Waals surface area contributed by atoms with Crippen LogP contribution >= 0.6 is 7.82 Å². The van der Waals surface area contributed by atoms with Crippen LogP contribution in [-0.2, 0) is 18.4 Å². The third-order valence-electron chi connectivity index (χ3n) is 14.0. The molecule has 3 atom stereocenters. The second-order valence-corrected chi connectivity index (χ2v) is 24.5. The highest BCUT2D eigenvalue weighted by atomic mass is 31.2. The molecule has 8 nitrogen and oxygen atoms in total. The van der Waals surface area contributed by atoms with E-state index in [1.54, 1.807) is 6.08 Å². The summed E-state index contributed by atoms with van der Waals surface area (Å²) in [6.45, 7) is 4.50. The number of hydrogen-bond acceptors (Lipinski definition) is 6. The molecular formula is C73H125N2O6P. The van der Waals surface area contributed by atoms with Gasteiger partial charge in [-0.05, 0) is 116 Å². The Kier molecular flexibility index (Phi) is 59.2. The van der Waals surface area contributed by atoms with Crippen LogP contribution in [-0.4, -0.2) is 68.5 Å². The molecule has 0 aliphatic rings. The van der Waals surface area contributed by atoms with E-state index in [4.69, 9.17) is 9.05 Å². The number of carbonyl (C=O) groups is 1. The summed E-state index contributed by atoms with van der Waals surface area (Å²) in [6.07, 6.45) is 95.2. The van der Waals surface area contributed by atoms with E-state index < -0.39 is 26.6 Å². The fourth-order valence-corrected chi connectivity index (χ4v) is 9.61. The summed E-state index contributed by atoms with van der Waals surface area (Å²) >= 11 is 0. The standard InChI is InChI=1S/C73H125N2O6P/c1-6-8-10-12-14-16-18-20-22-24-26-28-29-30-31-32-33-34-35-36-37-38-39-40-41-42-43-44-45-47-49-51-53-55-57-59-61-63-65-67-73(77)74-71(70-81-82(78,79)80-69-68-75(3,4)5)72(76)66-64-62-60-58-56-54-52-50-48-46-27-25-23-21-19-17-15-13-11-9-7-2/h8,10,14,16,20,22,26,28,30-31,33-34,36-37,39-40,42-43,48,50,56,58,64,66,71-72,76H,6-7,9,11-13,15,17-19,21,23-25,27,29,32,35,38,41,44-47,49,51-55,57,59-63,65,67-70H2,1-5H3,(H-,74,77,78,79)/b10-8-,16-14-,22-20-,28-26-,31-30-,34-33-,37-36-,40-39-,43-42-,50-48+,58-56+,66-64+. The fraction of sp³-hybridized carbons (Fsp3) is 0.658. The van der Waals surface area contributed by atoms with E-state index in [1.165, 1.54) is 128 Å². The minimum atomic E-state index is -4.62. The van der Waals surface area contributed by atoms with Gasteiger partial charge < -0.3 is 28.8 Å². The summed E-state index contributed by atoms with van der Waals surface area (Å²) in [5, 5.41) is 13.9. The molecule has 0 radical (unpaired) electrons. The van der Waals surface area contributed by atoms with Crippen molar-refractivity contribution in [3.63, 3.8) is 0 Å². The second-order valence-electron chi connectivity index (χ2n) is 23.1. The molecule has 0 bridgehead atoms. The van der Waals surface area contributed by atoms with Gasteiger partial charge in [0.15, 0.2) is 0 Å². The van der Waals surface area contributed by atoms with Gasteiger partial charge in [0.05, 0.1) is 39.9 Å². The van der Waals surface area contributed by atoms with Gasteiger partial charge in [-0.2, -0.15) is 0 Å². The molecule has 3 unspecified atom stereocenters. The highest BCUT2D eigenvalue weighted by Crippen LogP contribution is 2.38. The Morgan fingerprint density at radius 1 is 0.439 bits per heavy atom. The predicted octanol–water partition coefficient (Wildman–Crippen LogP) is 20.6. The molecule has 0 aromatic carbocycles. The monoisotopic (exact) mass is 1160 g/mol. The van der Waals surface area contributed by atoms with Crippen molar-refractivity contribution in [3.8, 4) is 0 Å². The molecule has 9 heteroatoms. The van der Waals surface area contributed by atoms with Crippen LogP contribution in [0.25, 0.3) is 0 Å². The summed E-state index contributed by atoms with van der Waals surface area (Å²) in [5.41, 5.74) is 0. The zero-order valence-electron chi connectivity index (χ0n) is 53.4. The van der Waals surface area contributed by atoms with Gasteiger partial charge in [-0.3, -0.25) is 9.36 Å². The van der Waals surface area contributed by atoms with Gasteiger partial charge in [-0.15, -0.1) is 0 Å². The quantitative estimate of drug-likeness (QED) is 0.0272. The lowest BCUT2D eigenvalue weighted by Crippen LogP contribution is -2.45. The van der Waals surface area contributed by atoms with Crippen LogP contribution in [0.2, 0.25) is 0 Å². The zero-order valence-corrected chi connectivity index (χ0v) is 54.3. The van der Waals surface area contributed by atoms with Crippen molar-refractivity contribution < 1.29 is 32.9 Å². The van der Waals surface area contributed by atoms with Crippen LogP contribution in [0.3, 0.4) is 0 Å². The number of hydrogen-bond donors (Lipinski definition) is 2. The fourth-order valence-electron chi connectivity index (χ4n) is 8.88. The van der Waals surface area contributed by atoms with E-state index in [-0.39, 0.29) is 12.5 Å². The lowest BCUT2D eigenvalue weighted by molar-refractivity contribution is -0.870. The summed E-state index contributed by atoms with van der Waals surface area (Å²) < 4.78 is 23.4. The van der Waals surface area contributed by atoms with Gasteiger partial charge in [0, 0.05) is 6.42 Å². The number of carbonyl (C=O) groups excluding carboxylic acids is 1. The number of amides is 1. The van der Waals surface area contributed by atoms with Gasteiger partial charge in [0.25, 0.3) is 7.82 Å². The predicted molar refractivity (Wildman–Crippen MR) is 357 cm³/mol. The van der Waals surface area contributed by atoms with Crippen LogP contribution < -0.4 is 10.2 Å². The molecule has 0 spiro atoms. The van der Waals surface area contributed by atoms with Crippen LogP contribution in [0.5, 0.6) is 0 Å². The zero-order chi connectivity index (χ0) is 59.8. The molecule has 468 valence electrons. The first-order valence-corrected chi connectivity index (χ1v) is 34.7. The molecule has 82 heavy (non-hydrogen) atoms. The topological polar surface area (TPSA) is 108 Å². The average Bonchev–Trinajstić information content (AvgIpc) is 3.46. The number of allylic oxidation sites excluding steroid dienone is 23. The van der Waals surface area contributed by atoms with Gasteiger partial charge in [0.1, 0.15) is 13.2 Å². The molecule has 1 amide bonds. The second kappa shape index (κ2) is 61.9. The van der Waals surface area contributed by atoms with Crippen molar-refractivity contribution in [1.82, 2.24) is 5.32 Å². The molecule has 0 aliphatic heterocycles. The molecule has 0 heterocycles. The van der Waals surface area contributed by atoms with Gasteiger partial charge in [-0.25, -0.2) is 0 Å². The summed E-state index contributed by atoms with van der Waals surface area (Å²) in [7, 11) is 1.22. The maximum Gasteiger partial charge on any atom is 0.268 e. The molecule has 0 aliphatic carbocycles. The Balaban J connectivity index is 4.17. The molecule has 0 aromatic rings. The van der Waals surface area contributed by atoms with E-state index >= 15 is 0 Å². The Bertz CT molecular complexity index is 1840. The number of rotatable bonds is 59. The van der Waals surface area contributed by atoms with Crippen LogP contribution in [0.4, 0.5) is 0 Å². The number of nitrogens with one attached hydrogen (secondary N) is 1. The molecule has 0 fully saturated rings. The highest BCUT2D eigenvalue weighted by Gasteiger charge is 2.23. The van der Waals surface area contributed by atoms with Crippen molar-refractivity contribution in [2.24, 2.45) is 0 Å². The van der Waals surface area contributed by atoms with Crippen molar-refractivity contribution in [2.45, 2.75) is 270 Å². The molecule has 2 N–H and O–H groups in total. The minimum Gasteiger partial charge on any atom is -0.756 e. The number of likely N-dealkylation sites (N-methyl/N-ethyl adjacent to an activating group) is 1. The first kappa shape index (κ1) is 78.4. The highest BCUT2D eigenvalue weighted by molar-refractivity contribution is 7.45. The van der Waals surface area contributed by atoms with Crippen molar-refractivity contribution in [2.75, 3.05) is 40.9 Å². The number of aliphatic hydroxyl groups is 1. The Hall–Kier alpha value is -3.62. The summed E-state index contributed by atoms with van der Waals surface area (Å²) in [6, 6.07) is -0.922. The van der Waals surface area contributed by atoms with E-state index in [0.29, 0.717) is 17.4 Å². The van der Waals surface area contributed by atoms with Crippen LogP contribution in [0.15, 0.2) is 146 Å². The molecule has 0 rings (SSSR count). The van der Waals surface area contributed by atoms with Crippen molar-refractivity contribution in [3.05, 3.63) is 146 Å². The van der Waals surface area contributed by atoms with E-state index in [1.807, 2.05) is 27.2 Å². The number of phosphoric ester groups is 1. The SMILES string of the molecule is CC/C=C\C/C=C\C/C=C\C/C=C\C/C=C\C/C=C\C/C=C\C/C=C\C/C=C\CCCCCCCCCCCCCC(=O)NC(COP(=O)([O-])OCC[N+](C)(C)C)C(O)/C=C/CC/C=C/CC/C=C/CCCCCCCCCCCCC. The first-order valence-electron chi connectivity index (χ1n) is 33.2. The molecule has 0 aromatic heterocycles. The Morgan fingerprint density at radius 3 is 1.13 bits per heavy atom. The summed E-state index contributed by atoms with van der Waals surface area (Å²) in [4.78, 5) is 25.6. The summed E-state index contributed by atoms with van der Waals surface area (Å²) in [5.74, 6) is -0.219. The maximum absolute atomic E-state index is 13.0. The average molecular weight is 1160 g/mol. The molecule has 0 saturated carbocycles.